The number of hydrogen-bond donors (Lipinski definition) is 0. The fraction of sp³-hybridized carbons (Fsp3) is 0.158. The van der Waals surface area contributed by atoms with Gasteiger partial charge in [0.05, 0.1) is 23.5 Å². The van der Waals surface area contributed by atoms with Crippen molar-refractivity contribution in [1.29, 1.82) is 5.26 Å². The molecule has 0 saturated carbocycles. The maximum absolute atomic E-state index is 8.97. The van der Waals surface area contributed by atoms with E-state index in [0.717, 1.165) is 29.9 Å². The summed E-state index contributed by atoms with van der Waals surface area (Å²) in [6, 6.07) is 20.0. The highest BCUT2D eigenvalue weighted by molar-refractivity contribution is 5.33. The zero-order valence-electron chi connectivity index (χ0n) is 13.1. The minimum atomic E-state index is 0.702. The Labute approximate surface area is 136 Å². The summed E-state index contributed by atoms with van der Waals surface area (Å²) in [4.78, 5) is 2.21. The number of nitriles is 1. The molecule has 0 N–H and O–H groups in total. The fourth-order valence-electron chi connectivity index (χ4n) is 2.58. The lowest BCUT2D eigenvalue weighted by Crippen LogP contribution is -2.16. The molecule has 114 valence electrons. The van der Waals surface area contributed by atoms with Gasteiger partial charge in [-0.15, -0.1) is 0 Å². The van der Waals surface area contributed by atoms with E-state index in [1.54, 1.807) is 0 Å². The van der Waals surface area contributed by atoms with Crippen molar-refractivity contribution in [1.82, 2.24) is 14.7 Å². The van der Waals surface area contributed by atoms with E-state index >= 15 is 0 Å². The topological polar surface area (TPSA) is 44.9 Å². The second-order valence-electron chi connectivity index (χ2n) is 5.61. The third-order valence-electron chi connectivity index (χ3n) is 3.62. The van der Waals surface area contributed by atoms with Crippen LogP contribution in [0, 0.1) is 11.3 Å². The van der Waals surface area contributed by atoms with Gasteiger partial charge in [-0.05, 0) is 36.9 Å². The molecule has 0 aliphatic rings. The molecule has 3 aromatic rings. The second-order valence-corrected chi connectivity index (χ2v) is 5.61. The van der Waals surface area contributed by atoms with Crippen molar-refractivity contribution in [2.75, 3.05) is 7.05 Å². The molecule has 23 heavy (non-hydrogen) atoms. The van der Waals surface area contributed by atoms with Crippen LogP contribution in [0.4, 0.5) is 0 Å². The van der Waals surface area contributed by atoms with Gasteiger partial charge in [0, 0.05) is 24.8 Å². The average molecular weight is 302 g/mol. The van der Waals surface area contributed by atoms with E-state index in [9.17, 15) is 0 Å². The van der Waals surface area contributed by atoms with E-state index in [-0.39, 0.29) is 0 Å². The van der Waals surface area contributed by atoms with Crippen LogP contribution in [0.1, 0.15) is 16.7 Å². The van der Waals surface area contributed by atoms with E-state index in [0.29, 0.717) is 5.56 Å². The number of rotatable bonds is 5. The maximum atomic E-state index is 8.97. The first-order valence-corrected chi connectivity index (χ1v) is 7.51. The minimum absolute atomic E-state index is 0.702. The molecule has 0 fully saturated rings. The molecule has 0 saturated heterocycles. The van der Waals surface area contributed by atoms with Crippen molar-refractivity contribution in [3.05, 3.63) is 83.7 Å². The molecule has 0 unspecified atom stereocenters. The van der Waals surface area contributed by atoms with Gasteiger partial charge >= 0.3 is 0 Å². The SMILES string of the molecule is CN(Cc1cccc(C#N)c1)Cc1cnn(-c2ccccc2)c1. The third kappa shape index (κ3) is 3.85. The number of hydrogen-bond acceptors (Lipinski definition) is 3. The number of benzene rings is 2. The van der Waals surface area contributed by atoms with Gasteiger partial charge in [0.15, 0.2) is 0 Å². The molecular formula is C19H18N4. The van der Waals surface area contributed by atoms with Crippen LogP contribution < -0.4 is 0 Å². The summed E-state index contributed by atoms with van der Waals surface area (Å²) >= 11 is 0. The second kappa shape index (κ2) is 6.91. The van der Waals surface area contributed by atoms with Crippen LogP contribution in [-0.2, 0) is 13.1 Å². The lowest BCUT2D eigenvalue weighted by atomic mass is 10.1. The van der Waals surface area contributed by atoms with Gasteiger partial charge in [0.2, 0.25) is 0 Å². The zero-order valence-corrected chi connectivity index (χ0v) is 13.1. The van der Waals surface area contributed by atoms with Crippen molar-refractivity contribution >= 4 is 0 Å². The molecule has 0 radical (unpaired) electrons. The molecule has 0 spiro atoms. The first-order valence-electron chi connectivity index (χ1n) is 7.51. The Bertz CT molecular complexity index is 815. The van der Waals surface area contributed by atoms with E-state index in [1.165, 1.54) is 0 Å². The Balaban J connectivity index is 1.65. The molecule has 1 aromatic heterocycles. The molecule has 4 nitrogen and oxygen atoms in total. The van der Waals surface area contributed by atoms with Crippen LogP contribution >= 0.6 is 0 Å². The Morgan fingerprint density at radius 3 is 2.61 bits per heavy atom. The summed E-state index contributed by atoms with van der Waals surface area (Å²) < 4.78 is 1.89. The first kappa shape index (κ1) is 15.0. The van der Waals surface area contributed by atoms with Gasteiger partial charge in [-0.2, -0.15) is 10.4 Å². The Hall–Kier alpha value is -2.90. The van der Waals surface area contributed by atoms with Gasteiger partial charge < -0.3 is 0 Å². The number of para-hydroxylation sites is 1. The van der Waals surface area contributed by atoms with Crippen LogP contribution in [0.2, 0.25) is 0 Å². The molecule has 2 aromatic carbocycles. The standard InChI is InChI=1S/C19H18N4/c1-22(13-17-7-5-6-16(10-17)11-20)14-18-12-21-23(15-18)19-8-3-2-4-9-19/h2-10,12,15H,13-14H2,1H3. The van der Waals surface area contributed by atoms with E-state index in [2.05, 4.69) is 29.3 Å². The molecule has 0 amide bonds. The van der Waals surface area contributed by atoms with Crippen molar-refractivity contribution in [3.8, 4) is 11.8 Å². The molecule has 3 rings (SSSR count). The largest absolute Gasteiger partial charge is 0.298 e. The lowest BCUT2D eigenvalue weighted by molar-refractivity contribution is 0.319. The maximum Gasteiger partial charge on any atom is 0.0991 e. The highest BCUT2D eigenvalue weighted by Gasteiger charge is 2.06. The number of aromatic nitrogens is 2. The monoisotopic (exact) mass is 302 g/mol. The van der Waals surface area contributed by atoms with Gasteiger partial charge in [-0.1, -0.05) is 30.3 Å². The molecule has 0 bridgehead atoms. The molecule has 0 aliphatic carbocycles. The molecule has 4 heteroatoms. The third-order valence-corrected chi connectivity index (χ3v) is 3.62. The summed E-state index contributed by atoms with van der Waals surface area (Å²) in [7, 11) is 2.07. The number of nitrogens with zero attached hydrogens (tertiary/aromatic N) is 4. The molecular weight excluding hydrogens is 284 g/mol. The molecule has 0 atom stereocenters. The molecule has 1 heterocycles. The summed E-state index contributed by atoms with van der Waals surface area (Å²) in [5.74, 6) is 0. The van der Waals surface area contributed by atoms with Crippen molar-refractivity contribution in [3.63, 3.8) is 0 Å². The lowest BCUT2D eigenvalue weighted by Gasteiger charge is -2.15. The van der Waals surface area contributed by atoms with Crippen LogP contribution in [0.5, 0.6) is 0 Å². The van der Waals surface area contributed by atoms with Gasteiger partial charge in [-0.3, -0.25) is 4.90 Å². The Morgan fingerprint density at radius 2 is 1.83 bits per heavy atom. The van der Waals surface area contributed by atoms with Crippen LogP contribution in [0.15, 0.2) is 67.0 Å². The fourth-order valence-corrected chi connectivity index (χ4v) is 2.58. The first-order chi connectivity index (χ1) is 11.2. The minimum Gasteiger partial charge on any atom is -0.298 e. The van der Waals surface area contributed by atoms with Crippen molar-refractivity contribution in [2.45, 2.75) is 13.1 Å². The van der Waals surface area contributed by atoms with Gasteiger partial charge in [0.1, 0.15) is 0 Å². The summed E-state index contributed by atoms with van der Waals surface area (Å²) in [6.45, 7) is 1.61. The van der Waals surface area contributed by atoms with E-state index < -0.39 is 0 Å². The highest BCUT2D eigenvalue weighted by Crippen LogP contribution is 2.12. The van der Waals surface area contributed by atoms with Gasteiger partial charge in [-0.25, -0.2) is 4.68 Å². The van der Waals surface area contributed by atoms with E-state index in [4.69, 9.17) is 5.26 Å². The predicted octanol–water partition coefficient (Wildman–Crippen LogP) is 3.38. The summed E-state index contributed by atoms with van der Waals surface area (Å²) in [5.41, 5.74) is 4.06. The summed E-state index contributed by atoms with van der Waals surface area (Å²) in [5, 5.41) is 13.4. The summed E-state index contributed by atoms with van der Waals surface area (Å²) in [6.07, 6.45) is 3.95. The molecule has 0 aliphatic heterocycles. The normalized spacial score (nSPS) is 10.7. The smallest absolute Gasteiger partial charge is 0.0991 e. The quantitative estimate of drug-likeness (QED) is 0.726. The van der Waals surface area contributed by atoms with Crippen LogP contribution in [-0.4, -0.2) is 21.7 Å². The predicted molar refractivity (Wildman–Crippen MR) is 89.9 cm³/mol. The Kier molecular flexibility index (Phi) is 4.51. The van der Waals surface area contributed by atoms with Crippen LogP contribution in [0.3, 0.4) is 0 Å². The van der Waals surface area contributed by atoms with Crippen LogP contribution in [0.25, 0.3) is 5.69 Å². The van der Waals surface area contributed by atoms with Crippen molar-refractivity contribution < 1.29 is 0 Å². The average Bonchev–Trinajstić information content (AvgIpc) is 3.04. The highest BCUT2D eigenvalue weighted by atomic mass is 15.3. The van der Waals surface area contributed by atoms with E-state index in [1.807, 2.05) is 65.5 Å². The van der Waals surface area contributed by atoms with Crippen molar-refractivity contribution in [2.24, 2.45) is 0 Å². The van der Waals surface area contributed by atoms with Gasteiger partial charge in [0.25, 0.3) is 0 Å². The zero-order chi connectivity index (χ0) is 16.1. The Morgan fingerprint density at radius 1 is 1.04 bits per heavy atom.